The Bertz CT molecular complexity index is 152. The van der Waals surface area contributed by atoms with Crippen molar-refractivity contribution in [3.05, 3.63) is 12.8 Å². The van der Waals surface area contributed by atoms with Crippen LogP contribution in [-0.2, 0) is 18.9 Å². The molecule has 0 aliphatic heterocycles. The number of aliphatic hydroxyl groups excluding tert-OH is 1. The van der Waals surface area contributed by atoms with E-state index in [1.807, 2.05) is 0 Å². The van der Waals surface area contributed by atoms with Gasteiger partial charge in [0.25, 0.3) is 0 Å². The van der Waals surface area contributed by atoms with Crippen molar-refractivity contribution in [2.45, 2.75) is 12.8 Å². The van der Waals surface area contributed by atoms with Gasteiger partial charge in [0.2, 0.25) is 0 Å². The number of hydrogen-bond acceptors (Lipinski definition) is 5. The Morgan fingerprint density at radius 1 is 0.765 bits per heavy atom. The fourth-order valence-electron chi connectivity index (χ4n) is 1.08. The van der Waals surface area contributed by atoms with Gasteiger partial charge in [-0.25, -0.2) is 0 Å². The number of unbranched alkanes of at least 4 members (excludes halogenated alkanes) is 1. The third-order valence-electron chi connectivity index (χ3n) is 1.90. The average molecular weight is 248 g/mol. The van der Waals surface area contributed by atoms with E-state index in [1.165, 1.54) is 6.26 Å². The van der Waals surface area contributed by atoms with E-state index >= 15 is 0 Å². The second-order valence-electron chi connectivity index (χ2n) is 3.31. The van der Waals surface area contributed by atoms with Crippen molar-refractivity contribution < 1.29 is 24.1 Å². The summed E-state index contributed by atoms with van der Waals surface area (Å²) in [5, 5.41) is 8.44. The van der Waals surface area contributed by atoms with Crippen LogP contribution < -0.4 is 0 Å². The zero-order valence-corrected chi connectivity index (χ0v) is 10.4. The normalized spacial score (nSPS) is 10.4. The highest BCUT2D eigenvalue weighted by molar-refractivity contribution is 4.48. The molecule has 5 heteroatoms. The molecule has 0 unspecified atom stereocenters. The Kier molecular flexibility index (Phi) is 14.8. The summed E-state index contributed by atoms with van der Waals surface area (Å²) < 4.78 is 20.6. The van der Waals surface area contributed by atoms with E-state index < -0.39 is 0 Å². The van der Waals surface area contributed by atoms with Crippen LogP contribution in [0.2, 0.25) is 0 Å². The van der Waals surface area contributed by atoms with Gasteiger partial charge < -0.3 is 24.1 Å². The Morgan fingerprint density at radius 2 is 1.29 bits per heavy atom. The molecule has 0 rings (SSSR count). The molecule has 5 nitrogen and oxygen atoms in total. The molecule has 0 aromatic rings. The lowest BCUT2D eigenvalue weighted by Crippen LogP contribution is -2.11. The van der Waals surface area contributed by atoms with Crippen LogP contribution in [0.1, 0.15) is 12.8 Å². The maximum absolute atomic E-state index is 8.44. The zero-order valence-electron chi connectivity index (χ0n) is 10.4. The molecule has 0 aliphatic carbocycles. The Hall–Kier alpha value is -0.620. The van der Waals surface area contributed by atoms with Crippen LogP contribution in [-0.4, -0.2) is 58.0 Å². The number of ether oxygens (including phenoxy) is 4. The first-order chi connectivity index (χ1) is 8.41. The predicted molar refractivity (Wildman–Crippen MR) is 64.9 cm³/mol. The third kappa shape index (κ3) is 15.4. The van der Waals surface area contributed by atoms with Gasteiger partial charge >= 0.3 is 0 Å². The molecule has 0 bridgehead atoms. The number of hydrogen-bond donors (Lipinski definition) is 1. The minimum atomic E-state index is 0.0542. The molecule has 0 saturated heterocycles. The maximum atomic E-state index is 8.44. The lowest BCUT2D eigenvalue weighted by Gasteiger charge is -2.06. The van der Waals surface area contributed by atoms with E-state index in [0.717, 1.165) is 19.4 Å². The van der Waals surface area contributed by atoms with Gasteiger partial charge in [-0.05, 0) is 12.8 Å². The van der Waals surface area contributed by atoms with Gasteiger partial charge in [0.1, 0.15) is 0 Å². The van der Waals surface area contributed by atoms with Crippen LogP contribution in [0.15, 0.2) is 12.8 Å². The highest BCUT2D eigenvalue weighted by Crippen LogP contribution is 1.91. The Morgan fingerprint density at radius 3 is 1.88 bits per heavy atom. The van der Waals surface area contributed by atoms with Gasteiger partial charge in [-0.15, -0.1) is 0 Å². The first-order valence-corrected chi connectivity index (χ1v) is 5.98. The first kappa shape index (κ1) is 16.4. The van der Waals surface area contributed by atoms with E-state index in [9.17, 15) is 0 Å². The van der Waals surface area contributed by atoms with E-state index in [-0.39, 0.29) is 6.61 Å². The number of aliphatic hydroxyl groups is 1. The van der Waals surface area contributed by atoms with Gasteiger partial charge in [-0.1, -0.05) is 6.58 Å². The van der Waals surface area contributed by atoms with Gasteiger partial charge in [-0.2, -0.15) is 0 Å². The summed E-state index contributed by atoms with van der Waals surface area (Å²) in [5.74, 6) is 0. The molecule has 0 aromatic heterocycles. The largest absolute Gasteiger partial charge is 0.502 e. The lowest BCUT2D eigenvalue weighted by molar-refractivity contribution is 0.00684. The molecule has 0 heterocycles. The van der Waals surface area contributed by atoms with Crippen LogP contribution in [0.3, 0.4) is 0 Å². The second-order valence-corrected chi connectivity index (χ2v) is 3.31. The second kappa shape index (κ2) is 15.4. The van der Waals surface area contributed by atoms with Crippen molar-refractivity contribution in [2.24, 2.45) is 0 Å². The molecule has 0 saturated carbocycles. The SMILES string of the molecule is C=COCCCCOCCOCCOCCO. The van der Waals surface area contributed by atoms with Crippen LogP contribution in [0, 0.1) is 0 Å². The molecule has 17 heavy (non-hydrogen) atoms. The Balaban J connectivity index is 2.87. The van der Waals surface area contributed by atoms with E-state index in [4.69, 9.17) is 24.1 Å². The van der Waals surface area contributed by atoms with Crippen molar-refractivity contribution >= 4 is 0 Å². The summed E-state index contributed by atoms with van der Waals surface area (Å²) in [6, 6.07) is 0. The minimum absolute atomic E-state index is 0.0542. The van der Waals surface area contributed by atoms with E-state index in [1.54, 1.807) is 0 Å². The third-order valence-corrected chi connectivity index (χ3v) is 1.90. The summed E-state index contributed by atoms with van der Waals surface area (Å²) in [4.78, 5) is 0. The lowest BCUT2D eigenvalue weighted by atomic mass is 10.3. The monoisotopic (exact) mass is 248 g/mol. The van der Waals surface area contributed by atoms with E-state index in [2.05, 4.69) is 6.58 Å². The molecular weight excluding hydrogens is 224 g/mol. The summed E-state index contributed by atoms with van der Waals surface area (Å²) >= 11 is 0. The molecule has 0 atom stereocenters. The van der Waals surface area contributed by atoms with Crippen molar-refractivity contribution in [3.8, 4) is 0 Å². The molecule has 0 aliphatic rings. The summed E-state index contributed by atoms with van der Waals surface area (Å²) in [7, 11) is 0. The van der Waals surface area contributed by atoms with Crippen LogP contribution in [0.4, 0.5) is 0 Å². The fraction of sp³-hybridized carbons (Fsp3) is 0.833. The quantitative estimate of drug-likeness (QED) is 0.367. The van der Waals surface area contributed by atoms with Crippen LogP contribution in [0.25, 0.3) is 0 Å². The highest BCUT2D eigenvalue weighted by atomic mass is 16.5. The smallest absolute Gasteiger partial charge is 0.0873 e. The molecule has 0 aromatic carbocycles. The molecule has 0 amide bonds. The fourth-order valence-corrected chi connectivity index (χ4v) is 1.08. The van der Waals surface area contributed by atoms with Gasteiger partial charge in [0, 0.05) is 6.61 Å². The van der Waals surface area contributed by atoms with Crippen LogP contribution >= 0.6 is 0 Å². The van der Waals surface area contributed by atoms with Crippen molar-refractivity contribution in [3.63, 3.8) is 0 Å². The molecular formula is C12H24O5. The first-order valence-electron chi connectivity index (χ1n) is 5.98. The summed E-state index contributed by atoms with van der Waals surface area (Å²) in [6.07, 6.45) is 3.41. The van der Waals surface area contributed by atoms with Gasteiger partial charge in [0.15, 0.2) is 0 Å². The summed E-state index contributed by atoms with van der Waals surface area (Å²) in [6.45, 7) is 7.54. The van der Waals surface area contributed by atoms with Crippen molar-refractivity contribution in [2.75, 3.05) is 52.9 Å². The van der Waals surface area contributed by atoms with Crippen molar-refractivity contribution in [1.82, 2.24) is 0 Å². The number of rotatable bonds is 14. The molecule has 102 valence electrons. The van der Waals surface area contributed by atoms with Crippen LogP contribution in [0.5, 0.6) is 0 Å². The maximum Gasteiger partial charge on any atom is 0.0873 e. The molecule has 0 radical (unpaired) electrons. The minimum Gasteiger partial charge on any atom is -0.502 e. The Labute approximate surface area is 103 Å². The molecule has 0 spiro atoms. The van der Waals surface area contributed by atoms with Gasteiger partial charge in [-0.3, -0.25) is 0 Å². The molecule has 0 fully saturated rings. The predicted octanol–water partition coefficient (Wildman–Crippen LogP) is 0.969. The van der Waals surface area contributed by atoms with E-state index in [0.29, 0.717) is 39.6 Å². The summed E-state index contributed by atoms with van der Waals surface area (Å²) in [5.41, 5.74) is 0. The van der Waals surface area contributed by atoms with Crippen molar-refractivity contribution in [1.29, 1.82) is 0 Å². The topological polar surface area (TPSA) is 57.2 Å². The highest BCUT2D eigenvalue weighted by Gasteiger charge is 1.92. The average Bonchev–Trinajstić information content (AvgIpc) is 2.35. The standard InChI is InChI=1S/C12H24O5/c1-2-14-6-3-4-7-15-9-11-17-12-10-16-8-5-13/h2,13H,1,3-12H2. The zero-order chi connectivity index (χ0) is 12.6. The van der Waals surface area contributed by atoms with Gasteiger partial charge in [0.05, 0.1) is 52.5 Å². The molecule has 1 N–H and O–H groups in total.